The largest absolute Gasteiger partial charge is 0.487 e. The molecule has 1 aromatic carbocycles. The first-order valence-corrected chi connectivity index (χ1v) is 5.78. The number of hydrogen-bond donors (Lipinski definition) is 2. The fourth-order valence-electron chi connectivity index (χ4n) is 1.64. The number of aromatic nitrogens is 1. The van der Waals surface area contributed by atoms with Crippen LogP contribution in [0.15, 0.2) is 48.7 Å². The molecule has 0 amide bonds. The van der Waals surface area contributed by atoms with Crippen molar-refractivity contribution in [3.63, 3.8) is 0 Å². The van der Waals surface area contributed by atoms with Gasteiger partial charge < -0.3 is 15.6 Å². The van der Waals surface area contributed by atoms with E-state index in [1.54, 1.807) is 30.5 Å². The van der Waals surface area contributed by atoms with Crippen molar-refractivity contribution < 1.29 is 14.6 Å². The third kappa shape index (κ3) is 3.29. The van der Waals surface area contributed by atoms with E-state index in [1.165, 1.54) is 0 Å². The maximum absolute atomic E-state index is 10.9. The van der Waals surface area contributed by atoms with Gasteiger partial charge >= 0.3 is 5.97 Å². The molecule has 5 heteroatoms. The Labute approximate surface area is 110 Å². The Morgan fingerprint density at radius 2 is 2.00 bits per heavy atom. The predicted molar refractivity (Wildman–Crippen MR) is 69.6 cm³/mol. The van der Waals surface area contributed by atoms with Gasteiger partial charge in [-0.1, -0.05) is 24.3 Å². The molecule has 2 aromatic rings. The molecule has 0 spiro atoms. The fraction of sp³-hybridized carbons (Fsp3) is 0.143. The average Bonchev–Trinajstić information content (AvgIpc) is 2.45. The second kappa shape index (κ2) is 5.97. The van der Waals surface area contributed by atoms with Crippen LogP contribution in [0.5, 0.6) is 5.75 Å². The van der Waals surface area contributed by atoms with E-state index >= 15 is 0 Å². The molecule has 0 radical (unpaired) electrons. The lowest BCUT2D eigenvalue weighted by molar-refractivity contribution is -0.138. The Hall–Kier alpha value is -2.40. The highest BCUT2D eigenvalue weighted by Gasteiger charge is 2.18. The molecule has 0 bridgehead atoms. The Balaban J connectivity index is 2.14. The molecule has 0 unspecified atom stereocenters. The first-order chi connectivity index (χ1) is 9.18. The smallest absolute Gasteiger partial charge is 0.325 e. The number of nitrogens with two attached hydrogens (primary N) is 1. The number of carboxylic acid groups (broad SMARTS) is 1. The topological polar surface area (TPSA) is 85.4 Å². The van der Waals surface area contributed by atoms with Crippen molar-refractivity contribution in [3.8, 4) is 5.75 Å². The summed E-state index contributed by atoms with van der Waals surface area (Å²) in [5.41, 5.74) is 6.83. The molecule has 3 N–H and O–H groups in total. The molecule has 1 aromatic heterocycles. The number of aliphatic carboxylic acids is 1. The number of ether oxygens (including phenoxy) is 1. The second-order valence-electron chi connectivity index (χ2n) is 3.96. The third-order valence-electron chi connectivity index (χ3n) is 2.62. The highest BCUT2D eigenvalue weighted by Crippen LogP contribution is 2.24. The van der Waals surface area contributed by atoms with Crippen molar-refractivity contribution in [3.05, 3.63) is 59.9 Å². The number of rotatable bonds is 5. The van der Waals surface area contributed by atoms with Crippen molar-refractivity contribution in [1.82, 2.24) is 4.98 Å². The molecule has 1 atom stereocenters. The van der Waals surface area contributed by atoms with Gasteiger partial charge in [-0.25, -0.2) is 0 Å². The highest BCUT2D eigenvalue weighted by molar-refractivity contribution is 5.76. The quantitative estimate of drug-likeness (QED) is 0.853. The monoisotopic (exact) mass is 258 g/mol. The molecule has 0 aliphatic carbocycles. The predicted octanol–water partition coefficient (Wildman–Crippen LogP) is 1.74. The summed E-state index contributed by atoms with van der Waals surface area (Å²) < 4.78 is 5.59. The molecule has 0 saturated carbocycles. The van der Waals surface area contributed by atoms with Gasteiger partial charge in [0.1, 0.15) is 18.4 Å². The van der Waals surface area contributed by atoms with Crippen LogP contribution in [-0.2, 0) is 11.4 Å². The van der Waals surface area contributed by atoms with Crippen LogP contribution < -0.4 is 10.5 Å². The van der Waals surface area contributed by atoms with Gasteiger partial charge in [-0.2, -0.15) is 0 Å². The van der Waals surface area contributed by atoms with Crippen LogP contribution >= 0.6 is 0 Å². The van der Waals surface area contributed by atoms with E-state index in [9.17, 15) is 4.79 Å². The van der Waals surface area contributed by atoms with Crippen molar-refractivity contribution in [1.29, 1.82) is 0 Å². The molecule has 0 fully saturated rings. The van der Waals surface area contributed by atoms with Gasteiger partial charge in [0.2, 0.25) is 0 Å². The number of pyridine rings is 1. The minimum atomic E-state index is -1.10. The first-order valence-electron chi connectivity index (χ1n) is 5.78. The number of carbonyl (C=O) groups is 1. The summed E-state index contributed by atoms with van der Waals surface area (Å²) in [7, 11) is 0. The molecule has 1 heterocycles. The summed E-state index contributed by atoms with van der Waals surface area (Å²) >= 11 is 0. The summed E-state index contributed by atoms with van der Waals surface area (Å²) in [6, 6.07) is 11.3. The number of hydrogen-bond acceptors (Lipinski definition) is 4. The van der Waals surface area contributed by atoms with Crippen molar-refractivity contribution in [2.24, 2.45) is 5.73 Å². The Morgan fingerprint density at radius 3 is 2.68 bits per heavy atom. The summed E-state index contributed by atoms with van der Waals surface area (Å²) in [5.74, 6) is -0.628. The molecule has 5 nitrogen and oxygen atoms in total. The number of nitrogens with zero attached hydrogens (tertiary/aromatic N) is 1. The van der Waals surface area contributed by atoms with Crippen molar-refractivity contribution >= 4 is 5.97 Å². The van der Waals surface area contributed by atoms with Gasteiger partial charge in [-0.15, -0.1) is 0 Å². The zero-order chi connectivity index (χ0) is 13.7. The SMILES string of the molecule is N[C@H](C(=O)O)c1ccccc1OCc1ccccn1. The second-order valence-corrected chi connectivity index (χ2v) is 3.96. The van der Waals surface area contributed by atoms with E-state index in [0.29, 0.717) is 11.3 Å². The van der Waals surface area contributed by atoms with E-state index in [2.05, 4.69) is 4.98 Å². The van der Waals surface area contributed by atoms with Gasteiger partial charge in [0.25, 0.3) is 0 Å². The average molecular weight is 258 g/mol. The Kier molecular flexibility index (Phi) is 4.10. The minimum absolute atomic E-state index is 0.268. The van der Waals surface area contributed by atoms with Gasteiger partial charge in [0.05, 0.1) is 5.69 Å². The molecule has 0 saturated heterocycles. The van der Waals surface area contributed by atoms with Crippen LogP contribution in [0.25, 0.3) is 0 Å². The normalized spacial score (nSPS) is 11.8. The Morgan fingerprint density at radius 1 is 1.26 bits per heavy atom. The van der Waals surface area contributed by atoms with E-state index in [1.807, 2.05) is 18.2 Å². The lowest BCUT2D eigenvalue weighted by atomic mass is 10.1. The van der Waals surface area contributed by atoms with E-state index in [4.69, 9.17) is 15.6 Å². The maximum Gasteiger partial charge on any atom is 0.325 e. The third-order valence-corrected chi connectivity index (χ3v) is 2.62. The first kappa shape index (κ1) is 13.0. The molecule has 19 heavy (non-hydrogen) atoms. The van der Waals surface area contributed by atoms with E-state index in [0.717, 1.165) is 5.69 Å². The van der Waals surface area contributed by atoms with Gasteiger partial charge in [0, 0.05) is 11.8 Å². The van der Waals surface area contributed by atoms with Crippen molar-refractivity contribution in [2.45, 2.75) is 12.6 Å². The van der Waals surface area contributed by atoms with Crippen LogP contribution in [0.4, 0.5) is 0 Å². The zero-order valence-corrected chi connectivity index (χ0v) is 10.2. The highest BCUT2D eigenvalue weighted by atomic mass is 16.5. The number of benzene rings is 1. The lowest BCUT2D eigenvalue weighted by Crippen LogP contribution is -2.21. The molecule has 2 rings (SSSR count). The molecule has 0 aliphatic heterocycles. The molecular weight excluding hydrogens is 244 g/mol. The van der Waals surface area contributed by atoms with Crippen LogP contribution in [0, 0.1) is 0 Å². The van der Waals surface area contributed by atoms with Crippen LogP contribution in [-0.4, -0.2) is 16.1 Å². The lowest BCUT2D eigenvalue weighted by Gasteiger charge is -2.13. The summed E-state index contributed by atoms with van der Waals surface area (Å²) in [5, 5.41) is 8.95. The zero-order valence-electron chi connectivity index (χ0n) is 10.2. The number of carboxylic acids is 1. The summed E-state index contributed by atoms with van der Waals surface area (Å²) in [6.45, 7) is 0.268. The van der Waals surface area contributed by atoms with Gasteiger partial charge in [0.15, 0.2) is 0 Å². The van der Waals surface area contributed by atoms with Crippen LogP contribution in [0.1, 0.15) is 17.3 Å². The van der Waals surface area contributed by atoms with Crippen LogP contribution in [0.2, 0.25) is 0 Å². The maximum atomic E-state index is 10.9. The van der Waals surface area contributed by atoms with Crippen LogP contribution in [0.3, 0.4) is 0 Å². The molecular formula is C14H14N2O3. The minimum Gasteiger partial charge on any atom is -0.487 e. The Bertz CT molecular complexity index is 558. The van der Waals surface area contributed by atoms with E-state index in [-0.39, 0.29) is 6.61 Å². The molecule has 98 valence electrons. The van der Waals surface area contributed by atoms with E-state index < -0.39 is 12.0 Å². The summed E-state index contributed by atoms with van der Waals surface area (Å²) in [6.07, 6.45) is 1.67. The fourth-order valence-corrected chi connectivity index (χ4v) is 1.64. The summed E-state index contributed by atoms with van der Waals surface area (Å²) in [4.78, 5) is 15.1. The standard InChI is InChI=1S/C14H14N2O3/c15-13(14(17)18)11-6-1-2-7-12(11)19-9-10-5-3-4-8-16-10/h1-8,13H,9,15H2,(H,17,18)/t13-/m0/s1. The van der Waals surface area contributed by atoms with Gasteiger partial charge in [-0.3, -0.25) is 9.78 Å². The van der Waals surface area contributed by atoms with Crippen molar-refractivity contribution in [2.75, 3.05) is 0 Å². The van der Waals surface area contributed by atoms with Gasteiger partial charge in [-0.05, 0) is 18.2 Å². The number of para-hydroxylation sites is 1. The molecule has 0 aliphatic rings.